The van der Waals surface area contributed by atoms with E-state index in [1.807, 2.05) is 19.1 Å². The lowest BCUT2D eigenvalue weighted by atomic mass is 10.1. The van der Waals surface area contributed by atoms with Gasteiger partial charge in [-0.3, -0.25) is 10.1 Å². The molecular formula is C14H12Br2N2O3. The Morgan fingerprint density at radius 3 is 2.52 bits per heavy atom. The molecule has 21 heavy (non-hydrogen) atoms. The van der Waals surface area contributed by atoms with Gasteiger partial charge in [-0.15, -0.1) is 0 Å². The predicted octanol–water partition coefficient (Wildman–Crippen LogP) is 4.93. The zero-order chi connectivity index (χ0) is 15.6. The molecule has 1 atom stereocenters. The zero-order valence-corrected chi connectivity index (χ0v) is 14.2. The number of rotatable bonds is 4. The molecule has 0 saturated heterocycles. The maximum absolute atomic E-state index is 10.9. The van der Waals surface area contributed by atoms with Gasteiger partial charge in [0.25, 0.3) is 5.69 Å². The Hall–Kier alpha value is -1.44. The summed E-state index contributed by atoms with van der Waals surface area (Å²) in [7, 11) is 0. The van der Waals surface area contributed by atoms with Gasteiger partial charge in [-0.05, 0) is 25.1 Å². The smallest absolute Gasteiger partial charge is 0.274 e. The Morgan fingerprint density at radius 2 is 1.90 bits per heavy atom. The minimum atomic E-state index is -0.467. The summed E-state index contributed by atoms with van der Waals surface area (Å²) in [5.41, 5.74) is 6.69. The van der Waals surface area contributed by atoms with Crippen LogP contribution in [0.3, 0.4) is 0 Å². The highest BCUT2D eigenvalue weighted by atomic mass is 79.9. The standard InChI is InChI=1S/C14H12Br2N2O3/c1-8(17)13-3-2-9(15)6-14(13)21-12-5-10(16)4-11(7-12)18(19)20/h2-8H,17H2,1H3. The van der Waals surface area contributed by atoms with E-state index in [1.54, 1.807) is 12.1 Å². The Kier molecular flexibility index (Phi) is 4.97. The van der Waals surface area contributed by atoms with Crippen LogP contribution in [0.15, 0.2) is 45.3 Å². The molecule has 0 bridgehead atoms. The van der Waals surface area contributed by atoms with Gasteiger partial charge in [-0.2, -0.15) is 0 Å². The highest BCUT2D eigenvalue weighted by Gasteiger charge is 2.13. The van der Waals surface area contributed by atoms with Gasteiger partial charge in [0.05, 0.1) is 11.0 Å². The molecule has 0 spiro atoms. The maximum Gasteiger partial charge on any atom is 0.274 e. The summed E-state index contributed by atoms with van der Waals surface area (Å²) >= 11 is 6.61. The molecule has 0 aliphatic heterocycles. The van der Waals surface area contributed by atoms with Gasteiger partial charge in [0.2, 0.25) is 0 Å². The SMILES string of the molecule is CC(N)c1ccc(Br)cc1Oc1cc(Br)cc([N+](=O)[O-])c1. The molecule has 0 aromatic heterocycles. The largest absolute Gasteiger partial charge is 0.457 e. The van der Waals surface area contributed by atoms with Crippen molar-refractivity contribution in [2.24, 2.45) is 5.73 Å². The van der Waals surface area contributed by atoms with Crippen molar-refractivity contribution in [1.29, 1.82) is 0 Å². The molecule has 0 fully saturated rings. The Labute approximate surface area is 138 Å². The topological polar surface area (TPSA) is 78.4 Å². The quantitative estimate of drug-likeness (QED) is 0.567. The normalized spacial score (nSPS) is 12.0. The molecule has 2 aromatic carbocycles. The van der Waals surface area contributed by atoms with Crippen LogP contribution in [0.25, 0.3) is 0 Å². The fourth-order valence-electron chi connectivity index (χ4n) is 1.81. The number of halogens is 2. The maximum atomic E-state index is 10.9. The van der Waals surface area contributed by atoms with Crippen LogP contribution < -0.4 is 10.5 Å². The third-order valence-corrected chi connectivity index (χ3v) is 3.71. The summed E-state index contributed by atoms with van der Waals surface area (Å²) in [6.45, 7) is 1.85. The van der Waals surface area contributed by atoms with Crippen LogP contribution in [0.5, 0.6) is 11.5 Å². The van der Waals surface area contributed by atoms with Crippen molar-refractivity contribution in [3.63, 3.8) is 0 Å². The summed E-state index contributed by atoms with van der Waals surface area (Å²) in [5.74, 6) is 0.933. The van der Waals surface area contributed by atoms with Gasteiger partial charge in [-0.1, -0.05) is 37.9 Å². The molecule has 110 valence electrons. The number of nitrogens with two attached hydrogens (primary N) is 1. The van der Waals surface area contributed by atoms with Crippen molar-refractivity contribution in [3.8, 4) is 11.5 Å². The van der Waals surface area contributed by atoms with E-state index in [-0.39, 0.29) is 11.7 Å². The zero-order valence-electron chi connectivity index (χ0n) is 11.0. The second kappa shape index (κ2) is 6.55. The third kappa shape index (κ3) is 4.03. The van der Waals surface area contributed by atoms with Crippen molar-refractivity contribution in [1.82, 2.24) is 0 Å². The van der Waals surface area contributed by atoms with E-state index in [2.05, 4.69) is 31.9 Å². The van der Waals surface area contributed by atoms with Crippen molar-refractivity contribution < 1.29 is 9.66 Å². The molecule has 7 heteroatoms. The number of hydrogen-bond acceptors (Lipinski definition) is 4. The fraction of sp³-hybridized carbons (Fsp3) is 0.143. The molecule has 2 N–H and O–H groups in total. The average Bonchev–Trinajstić information content (AvgIpc) is 2.37. The minimum absolute atomic E-state index is 0.0447. The number of ether oxygens (including phenoxy) is 1. The number of nitro benzene ring substituents is 1. The molecular weight excluding hydrogens is 404 g/mol. The summed E-state index contributed by atoms with van der Waals surface area (Å²) < 4.78 is 7.19. The van der Waals surface area contributed by atoms with Crippen LogP contribution in [0, 0.1) is 10.1 Å². The molecule has 0 amide bonds. The van der Waals surface area contributed by atoms with E-state index in [0.29, 0.717) is 16.0 Å². The van der Waals surface area contributed by atoms with E-state index >= 15 is 0 Å². The summed E-state index contributed by atoms with van der Waals surface area (Å²) in [6, 6.07) is 9.75. The summed E-state index contributed by atoms with van der Waals surface area (Å²) in [6.07, 6.45) is 0. The first-order chi connectivity index (χ1) is 9.86. The second-order valence-corrected chi connectivity index (χ2v) is 6.31. The number of benzene rings is 2. The predicted molar refractivity (Wildman–Crippen MR) is 87.6 cm³/mol. The Balaban J connectivity index is 2.42. The third-order valence-electron chi connectivity index (χ3n) is 2.76. The lowest BCUT2D eigenvalue weighted by molar-refractivity contribution is -0.385. The van der Waals surface area contributed by atoms with Crippen LogP contribution in [0.4, 0.5) is 5.69 Å². The van der Waals surface area contributed by atoms with Crippen molar-refractivity contribution >= 4 is 37.5 Å². The van der Waals surface area contributed by atoms with Gasteiger partial charge >= 0.3 is 0 Å². The van der Waals surface area contributed by atoms with Gasteiger partial charge in [0.1, 0.15) is 11.5 Å². The van der Waals surface area contributed by atoms with Gasteiger partial charge in [0, 0.05) is 26.6 Å². The molecule has 5 nitrogen and oxygen atoms in total. The van der Waals surface area contributed by atoms with E-state index in [9.17, 15) is 10.1 Å². The highest BCUT2D eigenvalue weighted by molar-refractivity contribution is 9.10. The highest BCUT2D eigenvalue weighted by Crippen LogP contribution is 2.34. The molecule has 0 aliphatic rings. The first-order valence-electron chi connectivity index (χ1n) is 6.04. The van der Waals surface area contributed by atoms with Crippen LogP contribution in [0.2, 0.25) is 0 Å². The van der Waals surface area contributed by atoms with Crippen molar-refractivity contribution in [2.75, 3.05) is 0 Å². The first kappa shape index (κ1) is 15.9. The summed E-state index contributed by atoms with van der Waals surface area (Å²) in [4.78, 5) is 10.4. The second-order valence-electron chi connectivity index (χ2n) is 4.48. The minimum Gasteiger partial charge on any atom is -0.457 e. The van der Waals surface area contributed by atoms with E-state index in [4.69, 9.17) is 10.5 Å². The van der Waals surface area contributed by atoms with E-state index < -0.39 is 4.92 Å². The monoisotopic (exact) mass is 414 g/mol. The number of nitro groups is 1. The number of nitrogens with zero attached hydrogens (tertiary/aromatic N) is 1. The lowest BCUT2D eigenvalue weighted by Gasteiger charge is -2.14. The summed E-state index contributed by atoms with van der Waals surface area (Å²) in [5, 5.41) is 10.9. The van der Waals surface area contributed by atoms with Crippen molar-refractivity contribution in [2.45, 2.75) is 13.0 Å². The number of non-ortho nitro benzene ring substituents is 1. The molecule has 2 aromatic rings. The van der Waals surface area contributed by atoms with Gasteiger partial charge in [-0.25, -0.2) is 0 Å². The van der Waals surface area contributed by atoms with Gasteiger partial charge < -0.3 is 10.5 Å². The van der Waals surface area contributed by atoms with E-state index in [0.717, 1.165) is 10.0 Å². The first-order valence-corrected chi connectivity index (χ1v) is 7.63. The molecule has 2 rings (SSSR count). The molecule has 0 aliphatic carbocycles. The molecule has 1 unspecified atom stereocenters. The van der Waals surface area contributed by atoms with Crippen molar-refractivity contribution in [3.05, 3.63) is 61.0 Å². The van der Waals surface area contributed by atoms with Crippen LogP contribution in [-0.4, -0.2) is 4.92 Å². The van der Waals surface area contributed by atoms with Gasteiger partial charge in [0.15, 0.2) is 0 Å². The Bertz CT molecular complexity index is 690. The van der Waals surface area contributed by atoms with Crippen LogP contribution in [-0.2, 0) is 0 Å². The lowest BCUT2D eigenvalue weighted by Crippen LogP contribution is -2.06. The fourth-order valence-corrected chi connectivity index (χ4v) is 2.61. The average molecular weight is 416 g/mol. The van der Waals surface area contributed by atoms with Crippen LogP contribution >= 0.6 is 31.9 Å². The van der Waals surface area contributed by atoms with Crippen LogP contribution in [0.1, 0.15) is 18.5 Å². The molecule has 0 saturated carbocycles. The molecule has 0 radical (unpaired) electrons. The number of hydrogen-bond donors (Lipinski definition) is 1. The molecule has 0 heterocycles. The van der Waals surface area contributed by atoms with E-state index in [1.165, 1.54) is 12.1 Å². The Morgan fingerprint density at radius 1 is 1.19 bits per heavy atom.